The van der Waals surface area contributed by atoms with Crippen molar-refractivity contribution in [2.45, 2.75) is 12.2 Å². The van der Waals surface area contributed by atoms with Gasteiger partial charge in [-0.15, -0.1) is 0 Å². The van der Waals surface area contributed by atoms with E-state index >= 15 is 0 Å². The van der Waals surface area contributed by atoms with E-state index in [1.54, 1.807) is 0 Å². The minimum absolute atomic E-state index is 0.220. The maximum Gasteiger partial charge on any atom is 0.0962 e. The lowest BCUT2D eigenvalue weighted by Gasteiger charge is -2.21. The highest BCUT2D eigenvalue weighted by Crippen LogP contribution is 2.41. The molecule has 0 aliphatic carbocycles. The number of fused-ring (bicyclic) bond motifs is 5. The molecule has 68 valence electrons. The van der Waals surface area contributed by atoms with Crippen LogP contribution in [0.4, 0.5) is 5.69 Å². The quantitative estimate of drug-likeness (QED) is 0.579. The van der Waals surface area contributed by atoms with E-state index in [1.807, 2.05) is 12.1 Å². The number of rotatable bonds is 0. The largest absolute Gasteiger partial charge is 0.399 e. The van der Waals surface area contributed by atoms with Crippen molar-refractivity contribution in [3.8, 4) is 0 Å². The topological polar surface area (TPSA) is 47.3 Å². The molecule has 3 N–H and O–H groups in total. The average molecular weight is 176 g/mol. The third kappa shape index (κ3) is 0.975. The highest BCUT2D eigenvalue weighted by Gasteiger charge is 2.34. The van der Waals surface area contributed by atoms with Crippen molar-refractivity contribution in [3.05, 3.63) is 29.3 Å². The molecule has 2 heterocycles. The van der Waals surface area contributed by atoms with Crippen LogP contribution in [0.3, 0.4) is 0 Å². The molecule has 0 saturated carbocycles. The Kier molecular flexibility index (Phi) is 1.39. The molecule has 2 aliphatic heterocycles. The van der Waals surface area contributed by atoms with E-state index in [0.29, 0.717) is 0 Å². The van der Waals surface area contributed by atoms with Gasteiger partial charge in [0.15, 0.2) is 0 Å². The van der Waals surface area contributed by atoms with Gasteiger partial charge in [0.2, 0.25) is 0 Å². The summed E-state index contributed by atoms with van der Waals surface area (Å²) in [6, 6.07) is 6.07. The number of nitrogens with two attached hydrogens (primary N) is 1. The Hall–Kier alpha value is -1.06. The van der Waals surface area contributed by atoms with Crippen LogP contribution in [0.1, 0.15) is 23.3 Å². The molecule has 0 aromatic heterocycles. The summed E-state index contributed by atoms with van der Waals surface area (Å²) in [7, 11) is 0. The average Bonchev–Trinajstić information content (AvgIpc) is 2.39. The van der Waals surface area contributed by atoms with Gasteiger partial charge >= 0.3 is 0 Å². The number of nitrogen functional groups attached to an aromatic ring is 1. The smallest absolute Gasteiger partial charge is 0.0962 e. The molecule has 2 aliphatic rings. The Morgan fingerprint density at radius 3 is 2.85 bits per heavy atom. The van der Waals surface area contributed by atoms with Crippen molar-refractivity contribution in [1.82, 2.24) is 5.32 Å². The van der Waals surface area contributed by atoms with Gasteiger partial charge < -0.3 is 15.8 Å². The molecule has 1 fully saturated rings. The molecule has 1 aromatic rings. The number of morpholine rings is 1. The second kappa shape index (κ2) is 2.47. The maximum atomic E-state index is 5.80. The standard InChI is InChI=1S/C10H12N2O/c11-6-1-2-7-8(3-6)10-5-12-4-9(7)13-10/h1-3,9-10,12H,4-5,11H2. The fourth-order valence-corrected chi connectivity index (χ4v) is 2.17. The molecular formula is C10H12N2O. The molecule has 13 heavy (non-hydrogen) atoms. The molecule has 2 atom stereocenters. The Balaban J connectivity index is 2.15. The van der Waals surface area contributed by atoms with Crippen LogP contribution in [-0.2, 0) is 4.74 Å². The molecule has 0 amide bonds. The van der Waals surface area contributed by atoms with Crippen molar-refractivity contribution in [2.24, 2.45) is 0 Å². The molecule has 1 saturated heterocycles. The SMILES string of the molecule is Nc1ccc2c(c1)C1CNCC2O1. The minimum atomic E-state index is 0.220. The van der Waals surface area contributed by atoms with Crippen molar-refractivity contribution in [3.63, 3.8) is 0 Å². The normalized spacial score (nSPS) is 30.2. The van der Waals surface area contributed by atoms with Gasteiger partial charge in [0.05, 0.1) is 12.2 Å². The molecule has 0 spiro atoms. The van der Waals surface area contributed by atoms with Crippen LogP contribution in [0.15, 0.2) is 18.2 Å². The molecule has 3 rings (SSSR count). The maximum absolute atomic E-state index is 5.80. The molecule has 1 aromatic carbocycles. The predicted molar refractivity (Wildman–Crippen MR) is 50.3 cm³/mol. The van der Waals surface area contributed by atoms with Gasteiger partial charge in [0.25, 0.3) is 0 Å². The van der Waals surface area contributed by atoms with Gasteiger partial charge in [-0.1, -0.05) is 6.07 Å². The first kappa shape index (κ1) is 7.35. The summed E-state index contributed by atoms with van der Waals surface area (Å²) in [6.07, 6.45) is 0.464. The summed E-state index contributed by atoms with van der Waals surface area (Å²) in [4.78, 5) is 0. The van der Waals surface area contributed by atoms with Gasteiger partial charge in [-0.05, 0) is 23.3 Å². The predicted octanol–water partition coefficient (Wildman–Crippen LogP) is 0.984. The molecule has 3 nitrogen and oxygen atoms in total. The third-order valence-electron chi connectivity index (χ3n) is 2.79. The minimum Gasteiger partial charge on any atom is -0.399 e. The van der Waals surface area contributed by atoms with Crippen LogP contribution in [0.5, 0.6) is 0 Å². The fraction of sp³-hybridized carbons (Fsp3) is 0.400. The summed E-state index contributed by atoms with van der Waals surface area (Å²) < 4.78 is 5.80. The van der Waals surface area contributed by atoms with E-state index in [1.165, 1.54) is 11.1 Å². The Bertz CT molecular complexity index is 351. The highest BCUT2D eigenvalue weighted by molar-refractivity contribution is 5.48. The van der Waals surface area contributed by atoms with Crippen LogP contribution >= 0.6 is 0 Å². The summed E-state index contributed by atoms with van der Waals surface area (Å²) >= 11 is 0. The van der Waals surface area contributed by atoms with Crippen molar-refractivity contribution in [1.29, 1.82) is 0 Å². The summed E-state index contributed by atoms with van der Waals surface area (Å²) in [5, 5.41) is 3.35. The number of ether oxygens (including phenoxy) is 1. The van der Waals surface area contributed by atoms with Gasteiger partial charge in [0.1, 0.15) is 0 Å². The van der Waals surface area contributed by atoms with Crippen molar-refractivity contribution >= 4 is 5.69 Å². The molecule has 0 radical (unpaired) electrons. The number of hydrogen-bond donors (Lipinski definition) is 2. The summed E-state index contributed by atoms with van der Waals surface area (Å²) in [5.74, 6) is 0. The number of nitrogens with one attached hydrogen (secondary N) is 1. The van der Waals surface area contributed by atoms with Gasteiger partial charge in [0, 0.05) is 18.8 Å². The first-order valence-corrected chi connectivity index (χ1v) is 4.60. The van der Waals surface area contributed by atoms with Gasteiger partial charge in [-0.2, -0.15) is 0 Å². The fourth-order valence-electron chi connectivity index (χ4n) is 2.17. The zero-order valence-corrected chi connectivity index (χ0v) is 7.29. The molecular weight excluding hydrogens is 164 g/mol. The Morgan fingerprint density at radius 1 is 1.23 bits per heavy atom. The van der Waals surface area contributed by atoms with Gasteiger partial charge in [-0.25, -0.2) is 0 Å². The number of hydrogen-bond acceptors (Lipinski definition) is 3. The lowest BCUT2D eigenvalue weighted by molar-refractivity contribution is -0.0149. The first-order chi connectivity index (χ1) is 6.34. The highest BCUT2D eigenvalue weighted by atomic mass is 16.5. The number of benzene rings is 1. The Morgan fingerprint density at radius 2 is 2.00 bits per heavy atom. The monoisotopic (exact) mass is 176 g/mol. The van der Waals surface area contributed by atoms with Crippen molar-refractivity contribution in [2.75, 3.05) is 18.8 Å². The van der Waals surface area contributed by atoms with E-state index in [9.17, 15) is 0 Å². The molecule has 2 bridgehead atoms. The summed E-state index contributed by atoms with van der Waals surface area (Å²) in [6.45, 7) is 1.83. The second-order valence-electron chi connectivity index (χ2n) is 3.66. The zero-order valence-electron chi connectivity index (χ0n) is 7.29. The van der Waals surface area contributed by atoms with Crippen LogP contribution < -0.4 is 11.1 Å². The van der Waals surface area contributed by atoms with Crippen LogP contribution in [0, 0.1) is 0 Å². The van der Waals surface area contributed by atoms with E-state index in [2.05, 4.69) is 11.4 Å². The van der Waals surface area contributed by atoms with E-state index in [0.717, 1.165) is 18.8 Å². The van der Waals surface area contributed by atoms with E-state index in [4.69, 9.17) is 10.5 Å². The number of anilines is 1. The Labute approximate surface area is 76.9 Å². The molecule has 3 heteroatoms. The third-order valence-corrected chi connectivity index (χ3v) is 2.79. The lowest BCUT2D eigenvalue weighted by Crippen LogP contribution is -2.30. The van der Waals surface area contributed by atoms with Crippen LogP contribution in [0.2, 0.25) is 0 Å². The summed E-state index contributed by atoms with van der Waals surface area (Å²) in [5.41, 5.74) is 9.15. The van der Waals surface area contributed by atoms with Crippen molar-refractivity contribution < 1.29 is 4.74 Å². The zero-order chi connectivity index (χ0) is 8.84. The molecule has 2 unspecified atom stereocenters. The van der Waals surface area contributed by atoms with Crippen LogP contribution in [0.25, 0.3) is 0 Å². The second-order valence-corrected chi connectivity index (χ2v) is 3.66. The lowest BCUT2D eigenvalue weighted by atomic mass is 10.0. The first-order valence-electron chi connectivity index (χ1n) is 4.60. The van der Waals surface area contributed by atoms with Gasteiger partial charge in [-0.3, -0.25) is 0 Å². The van der Waals surface area contributed by atoms with E-state index < -0.39 is 0 Å². The van der Waals surface area contributed by atoms with Crippen LogP contribution in [-0.4, -0.2) is 13.1 Å². The van der Waals surface area contributed by atoms with E-state index in [-0.39, 0.29) is 12.2 Å².